The molecule has 2 saturated carbocycles. The summed E-state index contributed by atoms with van der Waals surface area (Å²) in [6, 6.07) is 2.18. The predicted octanol–water partition coefficient (Wildman–Crippen LogP) is 2.49. The van der Waals surface area contributed by atoms with E-state index in [1.165, 1.54) is 25.7 Å². The van der Waals surface area contributed by atoms with Gasteiger partial charge in [0.2, 0.25) is 0 Å². The van der Waals surface area contributed by atoms with Gasteiger partial charge in [-0.25, -0.2) is 0 Å². The molecule has 2 aromatic heterocycles. The van der Waals surface area contributed by atoms with Gasteiger partial charge in [0.15, 0.2) is 0 Å². The molecule has 2 aliphatic carbocycles. The van der Waals surface area contributed by atoms with Crippen LogP contribution in [-0.4, -0.2) is 31.9 Å². The van der Waals surface area contributed by atoms with E-state index >= 15 is 0 Å². The standard InChI is InChI=1S/C17H23N5O/c1-10-15(11(2)22(3)21-10)12-8-13(20-19-12)16(23)18-14-9-17(14)6-4-5-7-17/h8,14H,4-7,9H2,1-3H3,(H,18,23)(H,19,20). The van der Waals surface area contributed by atoms with Gasteiger partial charge in [-0.1, -0.05) is 12.8 Å². The average Bonchev–Trinajstić information content (AvgIpc) is 2.92. The zero-order chi connectivity index (χ0) is 16.2. The Labute approximate surface area is 135 Å². The van der Waals surface area contributed by atoms with Gasteiger partial charge in [-0.05, 0) is 44.6 Å². The van der Waals surface area contributed by atoms with Gasteiger partial charge < -0.3 is 5.32 Å². The molecule has 1 unspecified atom stereocenters. The Balaban J connectivity index is 1.51. The molecular weight excluding hydrogens is 290 g/mol. The minimum Gasteiger partial charge on any atom is -0.347 e. The highest BCUT2D eigenvalue weighted by Crippen LogP contribution is 2.57. The fourth-order valence-corrected chi connectivity index (χ4v) is 4.13. The van der Waals surface area contributed by atoms with Gasteiger partial charge in [-0.15, -0.1) is 0 Å². The Hall–Kier alpha value is -2.11. The Bertz CT molecular complexity index is 766. The van der Waals surface area contributed by atoms with Crippen LogP contribution in [0.25, 0.3) is 11.3 Å². The van der Waals surface area contributed by atoms with Crippen molar-refractivity contribution in [1.82, 2.24) is 25.3 Å². The van der Waals surface area contributed by atoms with Crippen molar-refractivity contribution in [2.75, 3.05) is 0 Å². The highest BCUT2D eigenvalue weighted by Gasteiger charge is 2.55. The van der Waals surface area contributed by atoms with Crippen molar-refractivity contribution in [3.8, 4) is 11.3 Å². The molecule has 0 bridgehead atoms. The molecule has 1 spiro atoms. The zero-order valence-electron chi connectivity index (χ0n) is 13.9. The fourth-order valence-electron chi connectivity index (χ4n) is 4.13. The zero-order valence-corrected chi connectivity index (χ0v) is 13.9. The molecule has 2 heterocycles. The molecule has 2 aromatic rings. The quantitative estimate of drug-likeness (QED) is 0.914. The normalized spacial score (nSPS) is 21.8. The van der Waals surface area contributed by atoms with Crippen LogP contribution in [0.1, 0.15) is 54.0 Å². The van der Waals surface area contributed by atoms with Crippen molar-refractivity contribution in [3.63, 3.8) is 0 Å². The number of carbonyl (C=O) groups is 1. The van der Waals surface area contributed by atoms with E-state index in [2.05, 4.69) is 20.6 Å². The molecule has 1 atom stereocenters. The number of aromatic amines is 1. The lowest BCUT2D eigenvalue weighted by Gasteiger charge is -2.08. The van der Waals surface area contributed by atoms with Crippen LogP contribution in [0.15, 0.2) is 6.07 Å². The van der Waals surface area contributed by atoms with Gasteiger partial charge in [0.25, 0.3) is 5.91 Å². The molecule has 2 fully saturated rings. The first-order valence-corrected chi connectivity index (χ1v) is 8.37. The van der Waals surface area contributed by atoms with E-state index in [1.54, 1.807) is 0 Å². The van der Waals surface area contributed by atoms with Crippen LogP contribution in [-0.2, 0) is 7.05 Å². The summed E-state index contributed by atoms with van der Waals surface area (Å²) < 4.78 is 1.84. The van der Waals surface area contributed by atoms with Gasteiger partial charge in [0.1, 0.15) is 5.69 Å². The van der Waals surface area contributed by atoms with E-state index in [1.807, 2.05) is 31.6 Å². The number of H-pyrrole nitrogens is 1. The monoisotopic (exact) mass is 313 g/mol. The first kappa shape index (κ1) is 14.5. The number of aromatic nitrogens is 4. The van der Waals surface area contributed by atoms with Gasteiger partial charge in [-0.2, -0.15) is 10.2 Å². The van der Waals surface area contributed by atoms with Crippen LogP contribution in [0.3, 0.4) is 0 Å². The molecule has 2 N–H and O–H groups in total. The predicted molar refractivity (Wildman–Crippen MR) is 87.0 cm³/mol. The summed E-state index contributed by atoms with van der Waals surface area (Å²) in [6.07, 6.45) is 6.28. The lowest BCUT2D eigenvalue weighted by atomic mass is 10.1. The number of hydrogen-bond acceptors (Lipinski definition) is 3. The fraction of sp³-hybridized carbons (Fsp3) is 0.588. The third-order valence-corrected chi connectivity index (χ3v) is 5.68. The van der Waals surface area contributed by atoms with Crippen LogP contribution in [0.5, 0.6) is 0 Å². The largest absolute Gasteiger partial charge is 0.347 e. The van der Waals surface area contributed by atoms with E-state index < -0.39 is 0 Å². The number of nitrogens with one attached hydrogen (secondary N) is 2. The summed E-state index contributed by atoms with van der Waals surface area (Å²) in [5.41, 5.74) is 4.70. The van der Waals surface area contributed by atoms with Crippen LogP contribution in [0.2, 0.25) is 0 Å². The third kappa shape index (κ3) is 2.28. The average molecular weight is 313 g/mol. The number of rotatable bonds is 3. The van der Waals surface area contributed by atoms with E-state index in [9.17, 15) is 4.79 Å². The summed E-state index contributed by atoms with van der Waals surface area (Å²) in [7, 11) is 1.92. The van der Waals surface area contributed by atoms with Crippen molar-refractivity contribution in [1.29, 1.82) is 0 Å². The smallest absolute Gasteiger partial charge is 0.269 e. The molecule has 6 nitrogen and oxygen atoms in total. The summed E-state index contributed by atoms with van der Waals surface area (Å²) in [4.78, 5) is 12.5. The molecule has 0 aromatic carbocycles. The summed E-state index contributed by atoms with van der Waals surface area (Å²) in [5.74, 6) is -0.0447. The van der Waals surface area contributed by atoms with Gasteiger partial charge >= 0.3 is 0 Å². The second-order valence-corrected chi connectivity index (χ2v) is 7.14. The Morgan fingerprint density at radius 3 is 2.78 bits per heavy atom. The topological polar surface area (TPSA) is 75.6 Å². The molecule has 23 heavy (non-hydrogen) atoms. The molecule has 4 rings (SSSR count). The Kier molecular flexibility index (Phi) is 3.11. The number of hydrogen-bond donors (Lipinski definition) is 2. The van der Waals surface area contributed by atoms with E-state index in [0.717, 1.165) is 29.1 Å². The molecule has 0 aliphatic heterocycles. The lowest BCUT2D eigenvalue weighted by Crippen LogP contribution is -2.29. The molecule has 0 saturated heterocycles. The molecule has 122 valence electrons. The summed E-state index contributed by atoms with van der Waals surface area (Å²) in [6.45, 7) is 3.97. The molecule has 0 radical (unpaired) electrons. The molecule has 6 heteroatoms. The van der Waals surface area contributed by atoms with E-state index in [0.29, 0.717) is 17.2 Å². The van der Waals surface area contributed by atoms with Gasteiger partial charge in [-0.3, -0.25) is 14.6 Å². The van der Waals surface area contributed by atoms with Crippen molar-refractivity contribution in [2.24, 2.45) is 12.5 Å². The SMILES string of the molecule is Cc1nn(C)c(C)c1-c1cc(C(=O)NC2CC23CCCC3)[nH]n1. The number of carbonyl (C=O) groups excluding carboxylic acids is 1. The molecule has 2 aliphatic rings. The summed E-state index contributed by atoms with van der Waals surface area (Å²) in [5, 5.41) is 14.8. The maximum atomic E-state index is 12.5. The number of aryl methyl sites for hydroxylation is 2. The van der Waals surface area contributed by atoms with Crippen molar-refractivity contribution >= 4 is 5.91 Å². The highest BCUT2D eigenvalue weighted by atomic mass is 16.2. The minimum absolute atomic E-state index is 0.0447. The third-order valence-electron chi connectivity index (χ3n) is 5.68. The first-order valence-electron chi connectivity index (χ1n) is 8.37. The van der Waals surface area contributed by atoms with Crippen LogP contribution >= 0.6 is 0 Å². The maximum Gasteiger partial charge on any atom is 0.269 e. The second-order valence-electron chi connectivity index (χ2n) is 7.14. The van der Waals surface area contributed by atoms with E-state index in [-0.39, 0.29) is 5.91 Å². The van der Waals surface area contributed by atoms with Crippen molar-refractivity contribution in [3.05, 3.63) is 23.1 Å². The molecular formula is C17H23N5O. The molecule has 1 amide bonds. The van der Waals surface area contributed by atoms with Crippen molar-refractivity contribution in [2.45, 2.75) is 52.0 Å². The maximum absolute atomic E-state index is 12.5. The van der Waals surface area contributed by atoms with E-state index in [4.69, 9.17) is 0 Å². The van der Waals surface area contributed by atoms with Crippen molar-refractivity contribution < 1.29 is 4.79 Å². The lowest BCUT2D eigenvalue weighted by molar-refractivity contribution is 0.0940. The highest BCUT2D eigenvalue weighted by molar-refractivity contribution is 5.94. The minimum atomic E-state index is -0.0447. The van der Waals surface area contributed by atoms with Gasteiger partial charge in [0.05, 0.1) is 11.4 Å². The number of amides is 1. The Morgan fingerprint density at radius 2 is 2.13 bits per heavy atom. The summed E-state index contributed by atoms with van der Waals surface area (Å²) >= 11 is 0. The van der Waals surface area contributed by atoms with Crippen LogP contribution < -0.4 is 5.32 Å². The van der Waals surface area contributed by atoms with Crippen LogP contribution in [0.4, 0.5) is 0 Å². The Morgan fingerprint density at radius 1 is 1.39 bits per heavy atom. The van der Waals surface area contributed by atoms with Gasteiger partial charge in [0, 0.05) is 24.3 Å². The van der Waals surface area contributed by atoms with Crippen LogP contribution in [0, 0.1) is 19.3 Å². The number of nitrogens with zero attached hydrogens (tertiary/aromatic N) is 3. The second kappa shape index (κ2) is 4.94. The first-order chi connectivity index (χ1) is 11.0.